The molecule has 0 spiro atoms. The molecule has 0 heterocycles. The molecule has 2 aromatic carbocycles. The van der Waals surface area contributed by atoms with Crippen molar-refractivity contribution in [1.82, 2.24) is 0 Å². The van der Waals surface area contributed by atoms with E-state index in [4.69, 9.17) is 10.00 Å². The number of nitriles is 1. The quantitative estimate of drug-likeness (QED) is 0.903. The van der Waals surface area contributed by atoms with E-state index in [2.05, 4.69) is 0 Å². The van der Waals surface area contributed by atoms with Gasteiger partial charge in [0, 0.05) is 23.8 Å². The second-order valence-electron chi connectivity index (χ2n) is 5.81. The van der Waals surface area contributed by atoms with E-state index >= 15 is 0 Å². The summed E-state index contributed by atoms with van der Waals surface area (Å²) in [6, 6.07) is 10.5. The second kappa shape index (κ2) is 5.79. The highest BCUT2D eigenvalue weighted by Crippen LogP contribution is 2.49. The number of halogens is 2. The number of alkyl halides is 2. The maximum atomic E-state index is 14.0. The third kappa shape index (κ3) is 3.08. The van der Waals surface area contributed by atoms with Gasteiger partial charge >= 0.3 is 0 Å². The normalized spacial score (nSPS) is 18.4. The van der Waals surface area contributed by atoms with Gasteiger partial charge in [-0.25, -0.2) is 17.2 Å². The number of fused-ring (bicyclic) bond motifs is 1. The highest BCUT2D eigenvalue weighted by atomic mass is 32.2. The first-order valence-electron chi connectivity index (χ1n) is 7.23. The fraction of sp³-hybridized carbons (Fsp3) is 0.235. The van der Waals surface area contributed by atoms with Gasteiger partial charge in [-0.2, -0.15) is 5.26 Å². The average Bonchev–Trinajstić information content (AvgIpc) is 2.78. The number of sulfone groups is 1. The molecule has 0 fully saturated rings. The Hall–Kier alpha value is -2.50. The summed E-state index contributed by atoms with van der Waals surface area (Å²) in [6.07, 6.45) is -2.16. The number of hydrogen-bond donors (Lipinski definition) is 1. The number of ether oxygens (including phenoxy) is 1. The van der Waals surface area contributed by atoms with Gasteiger partial charge < -0.3 is 9.84 Å². The molecular formula is C17H13F2NO4S. The van der Waals surface area contributed by atoms with Crippen LogP contribution in [0.5, 0.6) is 11.5 Å². The number of hydrogen-bond acceptors (Lipinski definition) is 5. The molecule has 0 bridgehead atoms. The number of aliphatic hydroxyl groups is 1. The summed E-state index contributed by atoms with van der Waals surface area (Å²) in [7, 11) is -3.80. The molecule has 1 atom stereocenters. The van der Waals surface area contributed by atoms with Crippen LogP contribution in [0, 0.1) is 11.3 Å². The van der Waals surface area contributed by atoms with Gasteiger partial charge in [0.05, 0.1) is 16.5 Å². The van der Waals surface area contributed by atoms with Crippen LogP contribution in [0.4, 0.5) is 8.78 Å². The Morgan fingerprint density at radius 2 is 2.04 bits per heavy atom. The average molecular weight is 365 g/mol. The van der Waals surface area contributed by atoms with Crippen molar-refractivity contribution in [1.29, 1.82) is 5.26 Å². The second-order valence-corrected chi connectivity index (χ2v) is 7.79. The number of aliphatic hydroxyl groups excluding tert-OH is 1. The lowest BCUT2D eigenvalue weighted by atomic mass is 10.1. The van der Waals surface area contributed by atoms with E-state index in [1.165, 1.54) is 12.1 Å². The number of rotatable bonds is 3. The largest absolute Gasteiger partial charge is 0.457 e. The van der Waals surface area contributed by atoms with E-state index in [1.807, 2.05) is 6.07 Å². The Kier molecular flexibility index (Phi) is 4.01. The van der Waals surface area contributed by atoms with Gasteiger partial charge in [0.1, 0.15) is 17.6 Å². The lowest BCUT2D eigenvalue weighted by molar-refractivity contribution is -0.0976. The fourth-order valence-electron chi connectivity index (χ4n) is 2.82. The highest BCUT2D eigenvalue weighted by Gasteiger charge is 2.50. The van der Waals surface area contributed by atoms with Gasteiger partial charge in [0.15, 0.2) is 9.84 Å². The Morgan fingerprint density at radius 1 is 1.32 bits per heavy atom. The van der Waals surface area contributed by atoms with Crippen molar-refractivity contribution in [2.24, 2.45) is 0 Å². The Labute approximate surface area is 143 Å². The summed E-state index contributed by atoms with van der Waals surface area (Å²) in [5, 5.41) is 18.8. The van der Waals surface area contributed by atoms with Gasteiger partial charge in [-0.1, -0.05) is 6.07 Å². The molecule has 0 saturated heterocycles. The molecule has 130 valence electrons. The zero-order valence-corrected chi connectivity index (χ0v) is 13.8. The Morgan fingerprint density at radius 3 is 2.68 bits per heavy atom. The number of nitrogens with zero attached hydrogens (tertiary/aromatic N) is 1. The van der Waals surface area contributed by atoms with Crippen LogP contribution in [0.15, 0.2) is 41.3 Å². The van der Waals surface area contributed by atoms with Crippen LogP contribution in [0.1, 0.15) is 22.8 Å². The van der Waals surface area contributed by atoms with Crippen molar-refractivity contribution < 1.29 is 27.0 Å². The molecule has 3 rings (SSSR count). The molecule has 25 heavy (non-hydrogen) atoms. The summed E-state index contributed by atoms with van der Waals surface area (Å²) in [6.45, 7) is 0. The summed E-state index contributed by atoms with van der Waals surface area (Å²) < 4.78 is 57.3. The van der Waals surface area contributed by atoms with Crippen LogP contribution in [0.2, 0.25) is 0 Å². The first kappa shape index (κ1) is 17.3. The van der Waals surface area contributed by atoms with Crippen LogP contribution in [-0.2, 0) is 16.3 Å². The molecule has 0 aliphatic heterocycles. The Bertz CT molecular complexity index is 996. The summed E-state index contributed by atoms with van der Waals surface area (Å²) in [5.41, 5.74) is -0.0588. The minimum absolute atomic E-state index is 0.0220. The predicted molar refractivity (Wildman–Crippen MR) is 84.4 cm³/mol. The third-order valence-corrected chi connectivity index (χ3v) is 5.11. The minimum atomic E-state index is -3.80. The fourth-order valence-corrected chi connectivity index (χ4v) is 3.77. The van der Waals surface area contributed by atoms with Gasteiger partial charge in [-0.15, -0.1) is 0 Å². The summed E-state index contributed by atoms with van der Waals surface area (Å²) in [5.74, 6) is -3.22. The molecule has 0 aromatic heterocycles. The Balaban J connectivity index is 2.13. The molecule has 0 unspecified atom stereocenters. The standard InChI is InChI=1S/C17H13F2NO4S/c1-25(22,23)14-6-5-13(12-8-17(18,19)16(21)15(12)14)24-11-4-2-3-10(7-11)9-20/h2-7,16,21H,8H2,1H3/t16-/m0/s1. The molecule has 2 aromatic rings. The van der Waals surface area contributed by atoms with Crippen LogP contribution in [-0.4, -0.2) is 25.7 Å². The van der Waals surface area contributed by atoms with Crippen molar-refractivity contribution in [2.75, 3.05) is 6.26 Å². The maximum absolute atomic E-state index is 14.0. The van der Waals surface area contributed by atoms with Crippen molar-refractivity contribution in [3.05, 3.63) is 53.1 Å². The van der Waals surface area contributed by atoms with Gasteiger partial charge in [0.25, 0.3) is 5.92 Å². The minimum Gasteiger partial charge on any atom is -0.457 e. The van der Waals surface area contributed by atoms with Gasteiger partial charge in [0.2, 0.25) is 0 Å². The molecule has 8 heteroatoms. The van der Waals surface area contributed by atoms with E-state index in [0.717, 1.165) is 12.3 Å². The first-order chi connectivity index (χ1) is 11.6. The molecule has 1 aliphatic rings. The molecule has 5 nitrogen and oxygen atoms in total. The van der Waals surface area contributed by atoms with Crippen LogP contribution in [0.3, 0.4) is 0 Å². The van der Waals surface area contributed by atoms with E-state index in [9.17, 15) is 22.3 Å². The van der Waals surface area contributed by atoms with Gasteiger partial charge in [-0.3, -0.25) is 0 Å². The van der Waals surface area contributed by atoms with E-state index in [0.29, 0.717) is 5.56 Å². The third-order valence-electron chi connectivity index (χ3n) is 3.95. The van der Waals surface area contributed by atoms with Gasteiger partial charge in [-0.05, 0) is 30.3 Å². The lowest BCUT2D eigenvalue weighted by Gasteiger charge is -2.15. The topological polar surface area (TPSA) is 87.4 Å². The zero-order chi connectivity index (χ0) is 18.4. The van der Waals surface area contributed by atoms with Crippen molar-refractivity contribution >= 4 is 9.84 Å². The van der Waals surface area contributed by atoms with Crippen LogP contribution >= 0.6 is 0 Å². The van der Waals surface area contributed by atoms with Crippen molar-refractivity contribution in [3.63, 3.8) is 0 Å². The maximum Gasteiger partial charge on any atom is 0.281 e. The van der Waals surface area contributed by atoms with Crippen molar-refractivity contribution in [3.8, 4) is 17.6 Å². The first-order valence-corrected chi connectivity index (χ1v) is 9.12. The molecule has 1 aliphatic carbocycles. The lowest BCUT2D eigenvalue weighted by Crippen LogP contribution is -2.22. The monoisotopic (exact) mass is 365 g/mol. The zero-order valence-electron chi connectivity index (χ0n) is 13.0. The SMILES string of the molecule is CS(=O)(=O)c1ccc(Oc2cccc(C#N)c2)c2c1[C@H](O)C(F)(F)C2. The summed E-state index contributed by atoms with van der Waals surface area (Å²) in [4.78, 5) is -0.342. The van der Waals surface area contributed by atoms with E-state index < -0.39 is 28.3 Å². The molecule has 0 amide bonds. The predicted octanol–water partition coefficient (Wildman–Crippen LogP) is 2.98. The molecule has 0 radical (unpaired) electrons. The van der Waals surface area contributed by atoms with Crippen molar-refractivity contribution in [2.45, 2.75) is 23.3 Å². The summed E-state index contributed by atoms with van der Waals surface area (Å²) >= 11 is 0. The molecular weight excluding hydrogens is 352 g/mol. The molecule has 0 saturated carbocycles. The van der Waals surface area contributed by atoms with Crippen LogP contribution in [0.25, 0.3) is 0 Å². The number of benzene rings is 2. The van der Waals surface area contributed by atoms with E-state index in [1.54, 1.807) is 18.2 Å². The smallest absolute Gasteiger partial charge is 0.281 e. The molecule has 1 N–H and O–H groups in total. The highest BCUT2D eigenvalue weighted by molar-refractivity contribution is 7.90. The van der Waals surface area contributed by atoms with Crippen LogP contribution < -0.4 is 4.74 Å². The van der Waals surface area contributed by atoms with E-state index in [-0.39, 0.29) is 27.5 Å².